The van der Waals surface area contributed by atoms with Crippen molar-refractivity contribution in [1.29, 1.82) is 0 Å². The smallest absolute Gasteiger partial charge is 0.411 e. The van der Waals surface area contributed by atoms with Gasteiger partial charge in [0.05, 0.1) is 0 Å². The summed E-state index contributed by atoms with van der Waals surface area (Å²) in [5, 5.41) is 9.21. The molecule has 0 radical (unpaired) electrons. The highest BCUT2D eigenvalue weighted by molar-refractivity contribution is 5.85. The van der Waals surface area contributed by atoms with Crippen molar-refractivity contribution in [2.45, 2.75) is 25.7 Å². The van der Waals surface area contributed by atoms with Gasteiger partial charge >= 0.3 is 6.09 Å². The minimum Gasteiger partial charge on any atom is -0.465 e. The van der Waals surface area contributed by atoms with E-state index >= 15 is 0 Å². The number of rotatable bonds is 3. The Kier molecular flexibility index (Phi) is 3.44. The lowest BCUT2D eigenvalue weighted by Crippen LogP contribution is -2.33. The van der Waals surface area contributed by atoms with Gasteiger partial charge in [-0.3, -0.25) is 4.90 Å². The quantitative estimate of drug-likeness (QED) is 0.846. The Morgan fingerprint density at radius 3 is 2.44 bits per heavy atom. The molecule has 0 atom stereocenters. The molecule has 1 N–H and O–H groups in total. The largest absolute Gasteiger partial charge is 0.465 e. The Morgan fingerprint density at radius 2 is 1.88 bits per heavy atom. The molecule has 1 aliphatic rings. The van der Waals surface area contributed by atoms with E-state index in [1.807, 2.05) is 30.3 Å². The van der Waals surface area contributed by atoms with Crippen LogP contribution in [0.15, 0.2) is 30.3 Å². The SMILES string of the molecule is O=C(O)N(CC1CCCC1)c1ccccc1. The highest BCUT2D eigenvalue weighted by Gasteiger charge is 2.22. The lowest BCUT2D eigenvalue weighted by Gasteiger charge is -2.22. The van der Waals surface area contributed by atoms with Crippen LogP contribution in [0.5, 0.6) is 0 Å². The van der Waals surface area contributed by atoms with Gasteiger partial charge in [-0.25, -0.2) is 4.79 Å². The summed E-state index contributed by atoms with van der Waals surface area (Å²) in [6.45, 7) is 0.638. The number of amides is 1. The first-order chi connectivity index (χ1) is 7.77. The molecule has 86 valence electrons. The van der Waals surface area contributed by atoms with Crippen LogP contribution < -0.4 is 4.90 Å². The Hall–Kier alpha value is -1.51. The van der Waals surface area contributed by atoms with Crippen molar-refractivity contribution in [3.05, 3.63) is 30.3 Å². The van der Waals surface area contributed by atoms with Gasteiger partial charge in [0.25, 0.3) is 0 Å². The molecular weight excluding hydrogens is 202 g/mol. The number of nitrogens with zero attached hydrogens (tertiary/aromatic N) is 1. The molecule has 0 saturated heterocycles. The molecule has 0 heterocycles. The van der Waals surface area contributed by atoms with E-state index in [4.69, 9.17) is 0 Å². The summed E-state index contributed by atoms with van der Waals surface area (Å²) < 4.78 is 0. The lowest BCUT2D eigenvalue weighted by atomic mass is 10.1. The fraction of sp³-hybridized carbons (Fsp3) is 0.462. The molecule has 3 nitrogen and oxygen atoms in total. The molecule has 1 aliphatic carbocycles. The normalized spacial score (nSPS) is 16.2. The van der Waals surface area contributed by atoms with Crippen molar-refractivity contribution >= 4 is 11.8 Å². The predicted octanol–water partition coefficient (Wildman–Crippen LogP) is 3.36. The molecule has 1 fully saturated rings. The molecular formula is C13H17NO2. The molecule has 3 heteroatoms. The maximum atomic E-state index is 11.2. The highest BCUT2D eigenvalue weighted by atomic mass is 16.4. The number of hydrogen-bond donors (Lipinski definition) is 1. The van der Waals surface area contributed by atoms with E-state index in [-0.39, 0.29) is 0 Å². The van der Waals surface area contributed by atoms with Crippen molar-refractivity contribution in [3.8, 4) is 0 Å². The highest BCUT2D eigenvalue weighted by Crippen LogP contribution is 2.27. The van der Waals surface area contributed by atoms with Crippen molar-refractivity contribution < 1.29 is 9.90 Å². The van der Waals surface area contributed by atoms with Gasteiger partial charge in [0.15, 0.2) is 0 Å². The molecule has 0 bridgehead atoms. The number of benzene rings is 1. The number of carbonyl (C=O) groups is 1. The van der Waals surface area contributed by atoms with Crippen LogP contribution in [0.4, 0.5) is 10.5 Å². The van der Waals surface area contributed by atoms with Crippen LogP contribution in [0.25, 0.3) is 0 Å². The van der Waals surface area contributed by atoms with Crippen molar-refractivity contribution in [3.63, 3.8) is 0 Å². The van der Waals surface area contributed by atoms with E-state index in [9.17, 15) is 9.90 Å². The van der Waals surface area contributed by atoms with Gasteiger partial charge in [-0.1, -0.05) is 31.0 Å². The van der Waals surface area contributed by atoms with Crippen molar-refractivity contribution in [1.82, 2.24) is 0 Å². The third-order valence-corrected chi connectivity index (χ3v) is 3.21. The molecule has 1 aromatic rings. The minimum atomic E-state index is -0.849. The van der Waals surface area contributed by atoms with Gasteiger partial charge in [-0.2, -0.15) is 0 Å². The second-order valence-electron chi connectivity index (χ2n) is 4.38. The monoisotopic (exact) mass is 219 g/mol. The average molecular weight is 219 g/mol. The zero-order valence-corrected chi connectivity index (χ0v) is 9.30. The average Bonchev–Trinajstić information content (AvgIpc) is 2.79. The maximum Gasteiger partial charge on any atom is 0.411 e. The van der Waals surface area contributed by atoms with E-state index in [1.54, 1.807) is 0 Å². The number of hydrogen-bond acceptors (Lipinski definition) is 1. The van der Waals surface area contributed by atoms with Gasteiger partial charge in [0.2, 0.25) is 0 Å². The van der Waals surface area contributed by atoms with Crippen LogP contribution >= 0.6 is 0 Å². The van der Waals surface area contributed by atoms with E-state index < -0.39 is 6.09 Å². The van der Waals surface area contributed by atoms with Crippen LogP contribution in [0.2, 0.25) is 0 Å². The van der Waals surface area contributed by atoms with Gasteiger partial charge in [0.1, 0.15) is 0 Å². The van der Waals surface area contributed by atoms with Gasteiger partial charge in [-0.05, 0) is 30.9 Å². The first kappa shape index (κ1) is 11.0. The fourth-order valence-electron chi connectivity index (χ4n) is 2.35. The molecule has 1 aromatic carbocycles. The summed E-state index contributed by atoms with van der Waals surface area (Å²) >= 11 is 0. The van der Waals surface area contributed by atoms with E-state index in [0.717, 1.165) is 18.5 Å². The third-order valence-electron chi connectivity index (χ3n) is 3.21. The molecule has 0 spiro atoms. The summed E-state index contributed by atoms with van der Waals surface area (Å²) in [6.07, 6.45) is 3.96. The zero-order chi connectivity index (χ0) is 11.4. The summed E-state index contributed by atoms with van der Waals surface area (Å²) in [4.78, 5) is 12.7. The number of carboxylic acid groups (broad SMARTS) is 1. The first-order valence-corrected chi connectivity index (χ1v) is 5.83. The predicted molar refractivity (Wildman–Crippen MR) is 63.8 cm³/mol. The van der Waals surface area contributed by atoms with Crippen LogP contribution in [-0.2, 0) is 0 Å². The summed E-state index contributed by atoms with van der Waals surface area (Å²) in [5.74, 6) is 0.538. The van der Waals surface area contributed by atoms with E-state index in [1.165, 1.54) is 17.7 Å². The van der Waals surface area contributed by atoms with Gasteiger partial charge in [0, 0.05) is 12.2 Å². The summed E-state index contributed by atoms with van der Waals surface area (Å²) in [5.41, 5.74) is 0.780. The maximum absolute atomic E-state index is 11.2. The van der Waals surface area contributed by atoms with Crippen LogP contribution in [-0.4, -0.2) is 17.7 Å². The van der Waals surface area contributed by atoms with Crippen LogP contribution in [0.3, 0.4) is 0 Å². The minimum absolute atomic E-state index is 0.538. The fourth-order valence-corrected chi connectivity index (χ4v) is 2.35. The third kappa shape index (κ3) is 2.54. The van der Waals surface area contributed by atoms with Gasteiger partial charge < -0.3 is 5.11 Å². The lowest BCUT2D eigenvalue weighted by molar-refractivity contribution is 0.200. The Bertz CT molecular complexity index is 344. The molecule has 1 saturated carbocycles. The van der Waals surface area contributed by atoms with Crippen LogP contribution in [0, 0.1) is 5.92 Å². The second-order valence-corrected chi connectivity index (χ2v) is 4.38. The summed E-state index contributed by atoms with van der Waals surface area (Å²) in [7, 11) is 0. The molecule has 1 amide bonds. The molecule has 2 rings (SSSR count). The zero-order valence-electron chi connectivity index (χ0n) is 9.30. The Morgan fingerprint density at radius 1 is 1.25 bits per heavy atom. The summed E-state index contributed by atoms with van der Waals surface area (Å²) in [6, 6.07) is 9.35. The molecule has 0 unspecified atom stereocenters. The Labute approximate surface area is 95.7 Å². The van der Waals surface area contributed by atoms with Gasteiger partial charge in [-0.15, -0.1) is 0 Å². The van der Waals surface area contributed by atoms with E-state index in [0.29, 0.717) is 12.5 Å². The Balaban J connectivity index is 2.08. The molecule has 16 heavy (non-hydrogen) atoms. The van der Waals surface area contributed by atoms with E-state index in [2.05, 4.69) is 0 Å². The second kappa shape index (κ2) is 5.01. The molecule has 0 aromatic heterocycles. The van der Waals surface area contributed by atoms with Crippen LogP contribution in [0.1, 0.15) is 25.7 Å². The standard InChI is InChI=1S/C13H17NO2/c15-13(16)14(10-11-6-4-5-7-11)12-8-2-1-3-9-12/h1-3,8-9,11H,4-7,10H2,(H,15,16). The topological polar surface area (TPSA) is 40.5 Å². The number of para-hydroxylation sites is 1. The van der Waals surface area contributed by atoms with Crippen molar-refractivity contribution in [2.75, 3.05) is 11.4 Å². The first-order valence-electron chi connectivity index (χ1n) is 5.83. The molecule has 0 aliphatic heterocycles. The number of anilines is 1. The van der Waals surface area contributed by atoms with Crippen molar-refractivity contribution in [2.24, 2.45) is 5.92 Å².